The lowest BCUT2D eigenvalue weighted by Crippen LogP contribution is -2.25. The summed E-state index contributed by atoms with van der Waals surface area (Å²) < 4.78 is 2.85. The van der Waals surface area contributed by atoms with E-state index < -0.39 is 5.97 Å². The molecule has 0 unspecified atom stereocenters. The van der Waals surface area contributed by atoms with E-state index in [9.17, 15) is 9.59 Å². The Morgan fingerprint density at radius 1 is 1.57 bits per heavy atom. The molecule has 6 heteroatoms. The minimum Gasteiger partial charge on any atom is -0.481 e. The third kappa shape index (κ3) is 1.43. The molecule has 0 atom stereocenters. The topological polar surface area (TPSA) is 77.1 Å². The van der Waals surface area contributed by atoms with E-state index in [2.05, 4.69) is 5.10 Å². The Morgan fingerprint density at radius 2 is 2.36 bits per heavy atom. The second-order valence-electron chi connectivity index (χ2n) is 3.32. The van der Waals surface area contributed by atoms with Gasteiger partial charge >= 0.3 is 11.7 Å². The van der Waals surface area contributed by atoms with Crippen LogP contribution in [0.4, 0.5) is 0 Å². The van der Waals surface area contributed by atoms with Crippen LogP contribution in [0.5, 0.6) is 0 Å². The van der Waals surface area contributed by atoms with E-state index in [4.69, 9.17) is 5.11 Å². The highest BCUT2D eigenvalue weighted by Gasteiger charge is 2.17. The fourth-order valence-electron chi connectivity index (χ4n) is 1.64. The lowest BCUT2D eigenvalue weighted by atomic mass is 10.4. The molecule has 0 radical (unpaired) electrons. The molecule has 2 rings (SSSR count). The van der Waals surface area contributed by atoms with Crippen molar-refractivity contribution in [2.45, 2.75) is 32.4 Å². The van der Waals surface area contributed by atoms with Crippen LogP contribution in [0.3, 0.4) is 0 Å². The van der Waals surface area contributed by atoms with Gasteiger partial charge in [0.1, 0.15) is 5.82 Å². The lowest BCUT2D eigenvalue weighted by molar-refractivity contribution is -0.137. The molecule has 1 aliphatic rings. The molecule has 0 spiro atoms. The van der Waals surface area contributed by atoms with Gasteiger partial charge in [-0.25, -0.2) is 9.48 Å². The zero-order valence-corrected chi connectivity index (χ0v) is 7.64. The van der Waals surface area contributed by atoms with Crippen LogP contribution in [0.15, 0.2) is 4.79 Å². The molecular weight excluding hydrogens is 186 g/mol. The molecule has 0 bridgehead atoms. The molecule has 0 fully saturated rings. The number of carboxylic acid groups (broad SMARTS) is 1. The Hall–Kier alpha value is -1.59. The molecule has 0 saturated heterocycles. The summed E-state index contributed by atoms with van der Waals surface area (Å²) in [5, 5.41) is 12.5. The highest BCUT2D eigenvalue weighted by molar-refractivity contribution is 5.66. The van der Waals surface area contributed by atoms with E-state index in [1.807, 2.05) is 0 Å². The number of rotatable bonds is 3. The van der Waals surface area contributed by atoms with E-state index in [0.717, 1.165) is 18.7 Å². The van der Waals surface area contributed by atoms with E-state index >= 15 is 0 Å². The quantitative estimate of drug-likeness (QED) is 0.706. The van der Waals surface area contributed by atoms with Gasteiger partial charge in [-0.1, -0.05) is 0 Å². The summed E-state index contributed by atoms with van der Waals surface area (Å²) in [5.41, 5.74) is -0.182. The summed E-state index contributed by atoms with van der Waals surface area (Å²) >= 11 is 0. The Morgan fingerprint density at radius 3 is 3.00 bits per heavy atom. The first-order valence-electron chi connectivity index (χ1n) is 4.57. The third-order valence-electron chi connectivity index (χ3n) is 2.32. The maximum atomic E-state index is 11.5. The van der Waals surface area contributed by atoms with Crippen LogP contribution >= 0.6 is 0 Å². The lowest BCUT2D eigenvalue weighted by Gasteiger charge is -1.95. The van der Waals surface area contributed by atoms with Gasteiger partial charge in [-0.3, -0.25) is 9.36 Å². The van der Waals surface area contributed by atoms with Crippen molar-refractivity contribution in [3.63, 3.8) is 0 Å². The summed E-state index contributed by atoms with van der Waals surface area (Å²) in [6.07, 6.45) is 1.71. The van der Waals surface area contributed by atoms with Crippen molar-refractivity contribution in [1.82, 2.24) is 14.3 Å². The van der Waals surface area contributed by atoms with Gasteiger partial charge in [0, 0.05) is 13.0 Å². The maximum Gasteiger partial charge on any atom is 0.345 e. The fraction of sp³-hybridized carbons (Fsp3) is 0.625. The van der Waals surface area contributed by atoms with Crippen molar-refractivity contribution in [2.24, 2.45) is 0 Å². The molecule has 0 saturated carbocycles. The molecule has 76 valence electrons. The van der Waals surface area contributed by atoms with Crippen molar-refractivity contribution < 1.29 is 9.90 Å². The molecule has 6 nitrogen and oxygen atoms in total. The van der Waals surface area contributed by atoms with E-state index in [1.165, 1.54) is 4.68 Å². The number of aromatic nitrogens is 3. The molecule has 2 heterocycles. The Labute approximate surface area is 79.8 Å². The SMILES string of the molecule is O=C(O)CCn1nc2n(c1=O)CCC2. The number of fused-ring (bicyclic) bond motifs is 1. The largest absolute Gasteiger partial charge is 0.481 e. The summed E-state index contributed by atoms with van der Waals surface area (Å²) in [6.45, 7) is 0.870. The zero-order valence-electron chi connectivity index (χ0n) is 7.64. The van der Waals surface area contributed by atoms with Gasteiger partial charge in [0.25, 0.3) is 0 Å². The minimum atomic E-state index is -0.912. The monoisotopic (exact) mass is 197 g/mol. The van der Waals surface area contributed by atoms with Crippen LogP contribution in [-0.2, 0) is 24.3 Å². The first-order chi connectivity index (χ1) is 6.68. The van der Waals surface area contributed by atoms with Crippen molar-refractivity contribution in [3.8, 4) is 0 Å². The number of hydrogen-bond acceptors (Lipinski definition) is 3. The van der Waals surface area contributed by atoms with Crippen molar-refractivity contribution >= 4 is 5.97 Å². The second-order valence-corrected chi connectivity index (χ2v) is 3.32. The van der Waals surface area contributed by atoms with Gasteiger partial charge in [-0.2, -0.15) is 5.10 Å². The van der Waals surface area contributed by atoms with Gasteiger partial charge in [0.15, 0.2) is 0 Å². The van der Waals surface area contributed by atoms with Crippen LogP contribution in [-0.4, -0.2) is 25.4 Å². The number of carbonyl (C=O) groups is 1. The van der Waals surface area contributed by atoms with Gasteiger partial charge in [-0.05, 0) is 6.42 Å². The summed E-state index contributed by atoms with van der Waals surface area (Å²) in [6, 6.07) is 0. The normalized spacial score (nSPS) is 14.3. The van der Waals surface area contributed by atoms with Crippen LogP contribution in [0, 0.1) is 0 Å². The summed E-state index contributed by atoms with van der Waals surface area (Å²) in [5.74, 6) is -0.134. The predicted molar refractivity (Wildman–Crippen MR) is 47.1 cm³/mol. The van der Waals surface area contributed by atoms with Gasteiger partial charge < -0.3 is 5.11 Å². The second kappa shape index (κ2) is 3.28. The average Bonchev–Trinajstić information content (AvgIpc) is 2.66. The van der Waals surface area contributed by atoms with Gasteiger partial charge in [-0.15, -0.1) is 0 Å². The zero-order chi connectivity index (χ0) is 10.1. The highest BCUT2D eigenvalue weighted by Crippen LogP contribution is 2.07. The smallest absolute Gasteiger partial charge is 0.345 e. The molecule has 0 aliphatic carbocycles. The average molecular weight is 197 g/mol. The Balaban J connectivity index is 2.20. The van der Waals surface area contributed by atoms with E-state index in [-0.39, 0.29) is 18.7 Å². The Bertz CT molecular complexity index is 418. The first-order valence-corrected chi connectivity index (χ1v) is 4.57. The molecule has 0 aromatic carbocycles. The molecule has 0 amide bonds. The molecule has 1 N–H and O–H groups in total. The highest BCUT2D eigenvalue weighted by atomic mass is 16.4. The van der Waals surface area contributed by atoms with Crippen LogP contribution < -0.4 is 5.69 Å². The van der Waals surface area contributed by atoms with Crippen molar-refractivity contribution in [2.75, 3.05) is 0 Å². The van der Waals surface area contributed by atoms with Crippen molar-refractivity contribution in [1.29, 1.82) is 0 Å². The van der Waals surface area contributed by atoms with E-state index in [0.29, 0.717) is 6.54 Å². The third-order valence-corrected chi connectivity index (χ3v) is 2.32. The fourth-order valence-corrected chi connectivity index (χ4v) is 1.64. The standard InChI is InChI=1S/C8H11N3O3/c12-7(13)3-5-11-8(14)10-4-1-2-6(10)9-11/h1-5H2,(H,12,13). The maximum absolute atomic E-state index is 11.5. The van der Waals surface area contributed by atoms with Crippen molar-refractivity contribution in [3.05, 3.63) is 16.3 Å². The molecule has 1 aromatic heterocycles. The van der Waals surface area contributed by atoms with E-state index in [1.54, 1.807) is 4.57 Å². The Kier molecular flexibility index (Phi) is 2.11. The predicted octanol–water partition coefficient (Wildman–Crippen LogP) is -0.534. The first kappa shape index (κ1) is 8.98. The summed E-state index contributed by atoms with van der Waals surface area (Å²) in [4.78, 5) is 21.9. The molecule has 14 heavy (non-hydrogen) atoms. The number of nitrogens with zero attached hydrogens (tertiary/aromatic N) is 3. The molecular formula is C8H11N3O3. The van der Waals surface area contributed by atoms with Crippen LogP contribution in [0.25, 0.3) is 0 Å². The molecule has 1 aliphatic heterocycles. The minimum absolute atomic E-state index is 0.0592. The number of aryl methyl sites for hydroxylation is 2. The number of aliphatic carboxylic acids is 1. The number of hydrogen-bond donors (Lipinski definition) is 1. The molecule has 1 aromatic rings. The van der Waals surface area contributed by atoms with Crippen LogP contribution in [0.1, 0.15) is 18.7 Å². The summed E-state index contributed by atoms with van der Waals surface area (Å²) in [7, 11) is 0. The van der Waals surface area contributed by atoms with Gasteiger partial charge in [0.2, 0.25) is 0 Å². The number of carboxylic acids is 1. The van der Waals surface area contributed by atoms with Gasteiger partial charge in [0.05, 0.1) is 13.0 Å². The van der Waals surface area contributed by atoms with Crippen LogP contribution in [0.2, 0.25) is 0 Å².